The summed E-state index contributed by atoms with van der Waals surface area (Å²) in [6, 6.07) is 44.0. The van der Waals surface area contributed by atoms with Crippen LogP contribution in [0.25, 0.3) is 53.9 Å². The molecular formula is C42H34Cl2Si. The molecule has 0 aromatic heterocycles. The van der Waals surface area contributed by atoms with Gasteiger partial charge in [0.1, 0.15) is 0 Å². The molecule has 0 nitrogen and oxygen atoms in total. The van der Waals surface area contributed by atoms with Gasteiger partial charge in [0.25, 0.3) is 0 Å². The van der Waals surface area contributed by atoms with Crippen LogP contribution in [0.1, 0.15) is 47.2 Å². The molecule has 45 heavy (non-hydrogen) atoms. The molecule has 220 valence electrons. The summed E-state index contributed by atoms with van der Waals surface area (Å²) in [6.45, 7) is 9.61. The predicted octanol–water partition coefficient (Wildman–Crippen LogP) is 12.9. The van der Waals surface area contributed by atoms with E-state index in [1.165, 1.54) is 77.2 Å². The lowest BCUT2D eigenvalue weighted by Gasteiger charge is -2.39. The van der Waals surface area contributed by atoms with E-state index in [0.29, 0.717) is 0 Å². The van der Waals surface area contributed by atoms with Crippen molar-refractivity contribution in [1.29, 1.82) is 0 Å². The molecule has 0 bridgehead atoms. The molecule has 2 aliphatic rings. The van der Waals surface area contributed by atoms with Gasteiger partial charge < -0.3 is 0 Å². The molecule has 0 radical (unpaired) electrons. The van der Waals surface area contributed by atoms with Crippen LogP contribution >= 0.6 is 23.2 Å². The number of benzene rings is 6. The number of hydrogen-bond donors (Lipinski definition) is 0. The van der Waals surface area contributed by atoms with Gasteiger partial charge in [0.05, 0.1) is 8.07 Å². The molecule has 2 atom stereocenters. The van der Waals surface area contributed by atoms with Gasteiger partial charge in [0.2, 0.25) is 0 Å². The quantitative estimate of drug-likeness (QED) is 0.169. The number of hydrogen-bond acceptors (Lipinski definition) is 0. The van der Waals surface area contributed by atoms with Crippen molar-refractivity contribution < 1.29 is 0 Å². The van der Waals surface area contributed by atoms with Gasteiger partial charge in [-0.15, -0.1) is 0 Å². The maximum Gasteiger partial charge on any atom is 0.0723 e. The zero-order valence-corrected chi connectivity index (χ0v) is 28.5. The summed E-state index contributed by atoms with van der Waals surface area (Å²) < 4.78 is 0. The third-order valence-electron chi connectivity index (χ3n) is 10.5. The summed E-state index contributed by atoms with van der Waals surface area (Å²) in [4.78, 5) is 0. The van der Waals surface area contributed by atoms with Gasteiger partial charge in [-0.2, -0.15) is 0 Å². The van der Waals surface area contributed by atoms with Crippen molar-refractivity contribution >= 4 is 62.9 Å². The minimum absolute atomic E-state index is 0.270. The summed E-state index contributed by atoms with van der Waals surface area (Å²) in [6.07, 6.45) is 0. The Bertz CT molecular complexity index is 2080. The highest BCUT2D eigenvalue weighted by Gasteiger charge is 2.50. The summed E-state index contributed by atoms with van der Waals surface area (Å²) in [7, 11) is -2.19. The molecule has 0 saturated carbocycles. The number of fused-ring (bicyclic) bond motifs is 4. The zero-order chi connectivity index (χ0) is 31.0. The highest BCUT2D eigenvalue weighted by molar-refractivity contribution is 6.82. The predicted molar refractivity (Wildman–Crippen MR) is 199 cm³/mol. The van der Waals surface area contributed by atoms with Crippen molar-refractivity contribution in [3.63, 3.8) is 0 Å². The van der Waals surface area contributed by atoms with Crippen LogP contribution in [0.2, 0.25) is 13.1 Å². The van der Waals surface area contributed by atoms with Gasteiger partial charge in [0, 0.05) is 32.3 Å². The lowest BCUT2D eigenvalue weighted by molar-refractivity contribution is 0.968. The first kappa shape index (κ1) is 28.6. The average molecular weight is 638 g/mol. The summed E-state index contributed by atoms with van der Waals surface area (Å²) in [5.41, 5.74) is 13.2. The van der Waals surface area contributed by atoms with Crippen molar-refractivity contribution in [1.82, 2.24) is 0 Å². The van der Waals surface area contributed by atoms with Crippen LogP contribution in [-0.4, -0.2) is 8.07 Å². The second kappa shape index (κ2) is 10.6. The smallest absolute Gasteiger partial charge is 0.0723 e. The Morgan fingerprint density at radius 1 is 0.444 bits per heavy atom. The molecule has 0 N–H and O–H groups in total. The van der Waals surface area contributed by atoms with Crippen LogP contribution in [-0.2, 0) is 0 Å². The largest absolute Gasteiger partial charge is 0.0837 e. The van der Waals surface area contributed by atoms with Crippen LogP contribution in [0.15, 0.2) is 132 Å². The lowest BCUT2D eigenvalue weighted by Crippen LogP contribution is -2.42. The first-order valence-electron chi connectivity index (χ1n) is 15.7. The van der Waals surface area contributed by atoms with Crippen LogP contribution in [0, 0.1) is 0 Å². The van der Waals surface area contributed by atoms with Crippen molar-refractivity contribution in [2.45, 2.75) is 38.0 Å². The highest BCUT2D eigenvalue weighted by Crippen LogP contribution is 2.59. The molecule has 0 amide bonds. The molecule has 0 spiro atoms. The topological polar surface area (TPSA) is 0 Å². The summed E-state index contributed by atoms with van der Waals surface area (Å²) >= 11 is 14.8. The molecule has 2 unspecified atom stereocenters. The van der Waals surface area contributed by atoms with E-state index in [4.69, 9.17) is 23.2 Å². The van der Waals surface area contributed by atoms with E-state index >= 15 is 0 Å². The van der Waals surface area contributed by atoms with Crippen LogP contribution in [0.4, 0.5) is 0 Å². The number of halogens is 2. The molecule has 6 aromatic carbocycles. The van der Waals surface area contributed by atoms with Gasteiger partial charge >= 0.3 is 0 Å². The van der Waals surface area contributed by atoms with E-state index in [9.17, 15) is 0 Å². The Hall–Kier alpha value is -3.88. The summed E-state index contributed by atoms with van der Waals surface area (Å²) in [5, 5.41) is 6.82. The first-order chi connectivity index (χ1) is 21.8. The van der Waals surface area contributed by atoms with E-state index in [1.54, 1.807) is 0 Å². The third kappa shape index (κ3) is 4.18. The average Bonchev–Trinajstić information content (AvgIpc) is 3.49. The minimum Gasteiger partial charge on any atom is -0.0837 e. The molecule has 0 saturated heterocycles. The van der Waals surface area contributed by atoms with Crippen LogP contribution in [0.5, 0.6) is 0 Å². The molecule has 0 fully saturated rings. The van der Waals surface area contributed by atoms with Crippen molar-refractivity contribution in [3.05, 3.63) is 155 Å². The number of rotatable bonds is 4. The van der Waals surface area contributed by atoms with E-state index in [2.05, 4.69) is 148 Å². The molecule has 8 rings (SSSR count). The SMILES string of the molecule is CC1=C(Cl)c2c(-c3cccc4ccccc34)cccc2C1[Si](C)(C)C1C(C)=C(Cl)c2c(-c3cccc4ccccc34)cccc21. The highest BCUT2D eigenvalue weighted by atomic mass is 35.5. The Balaban J connectivity index is 1.29. The zero-order valence-electron chi connectivity index (χ0n) is 26.0. The Morgan fingerprint density at radius 3 is 1.24 bits per heavy atom. The van der Waals surface area contributed by atoms with Gasteiger partial charge in [-0.25, -0.2) is 0 Å². The second-order valence-corrected chi connectivity index (χ2v) is 18.8. The fourth-order valence-electron chi connectivity index (χ4n) is 8.68. The van der Waals surface area contributed by atoms with E-state index in [1.807, 2.05) is 0 Å². The Morgan fingerprint density at radius 2 is 0.800 bits per heavy atom. The van der Waals surface area contributed by atoms with Gasteiger partial charge in [0.15, 0.2) is 0 Å². The molecule has 3 heteroatoms. The van der Waals surface area contributed by atoms with E-state index in [-0.39, 0.29) is 11.1 Å². The van der Waals surface area contributed by atoms with E-state index < -0.39 is 8.07 Å². The number of allylic oxidation sites excluding steroid dienone is 2. The fraction of sp³-hybridized carbons (Fsp3) is 0.143. The first-order valence-corrected chi connectivity index (χ1v) is 19.7. The van der Waals surface area contributed by atoms with Gasteiger partial charge in [-0.05, 0) is 79.9 Å². The standard InChI is InChI=1S/C42H34Cl2Si/c1-25-39(43)37-33(31-19-9-15-27-13-5-7-17-29(27)31)21-11-23-35(37)41(25)45(3,4)42-26(2)40(44)38-34(22-12-24-36(38)42)32-20-10-16-28-14-6-8-18-30(28)32/h5-24,41-42H,1-4H3. The second-order valence-electron chi connectivity index (χ2n) is 13.3. The van der Waals surface area contributed by atoms with Crippen molar-refractivity contribution in [2.24, 2.45) is 0 Å². The maximum atomic E-state index is 7.40. The van der Waals surface area contributed by atoms with Crippen molar-refractivity contribution in [3.8, 4) is 22.3 Å². The maximum absolute atomic E-state index is 7.40. The minimum atomic E-state index is -2.19. The fourth-order valence-corrected chi connectivity index (χ4v) is 14.4. The molecular weight excluding hydrogens is 603 g/mol. The van der Waals surface area contributed by atoms with E-state index in [0.717, 1.165) is 10.1 Å². The molecule has 0 aliphatic heterocycles. The molecule has 6 aromatic rings. The third-order valence-corrected chi connectivity index (χ3v) is 15.9. The Kier molecular flexibility index (Phi) is 6.73. The lowest BCUT2D eigenvalue weighted by atomic mass is 9.93. The normalized spacial score (nSPS) is 17.8. The molecule has 0 heterocycles. The van der Waals surface area contributed by atoms with Gasteiger partial charge in [-0.1, -0.05) is 158 Å². The van der Waals surface area contributed by atoms with Gasteiger partial charge in [-0.3, -0.25) is 0 Å². The van der Waals surface area contributed by atoms with Crippen LogP contribution < -0.4 is 0 Å². The van der Waals surface area contributed by atoms with Crippen molar-refractivity contribution in [2.75, 3.05) is 0 Å². The monoisotopic (exact) mass is 636 g/mol. The molecule has 2 aliphatic carbocycles. The summed E-state index contributed by atoms with van der Waals surface area (Å²) in [5.74, 6) is 0. The van der Waals surface area contributed by atoms with Crippen LogP contribution in [0.3, 0.4) is 0 Å². The Labute approximate surface area is 276 Å².